The molecule has 10 aromatic carbocycles. The van der Waals surface area contributed by atoms with Gasteiger partial charge < -0.3 is 0 Å². The third kappa shape index (κ3) is 5.90. The van der Waals surface area contributed by atoms with Crippen LogP contribution in [0.4, 0.5) is 0 Å². The predicted molar refractivity (Wildman–Crippen MR) is 271 cm³/mol. The van der Waals surface area contributed by atoms with Gasteiger partial charge in [0.1, 0.15) is 0 Å². The summed E-state index contributed by atoms with van der Waals surface area (Å²) in [5.74, 6) is 0.320. The van der Waals surface area contributed by atoms with Crippen LogP contribution in [0.1, 0.15) is 44.9 Å². The molecule has 0 fully saturated rings. The first-order valence-corrected chi connectivity index (χ1v) is 22.7. The van der Waals surface area contributed by atoms with Gasteiger partial charge in [0, 0.05) is 17.8 Å². The number of hydrogen-bond acceptors (Lipinski definition) is 0. The van der Waals surface area contributed by atoms with Gasteiger partial charge in [-0.3, -0.25) is 0 Å². The molecule has 64 heavy (non-hydrogen) atoms. The molecule has 0 spiro atoms. The smallest absolute Gasteiger partial charge is 0.0209 e. The third-order valence-corrected chi connectivity index (χ3v) is 14.4. The molecule has 0 saturated heterocycles. The van der Waals surface area contributed by atoms with Crippen molar-refractivity contribution in [3.05, 3.63) is 281 Å². The van der Waals surface area contributed by atoms with Gasteiger partial charge in [0.25, 0.3) is 0 Å². The van der Waals surface area contributed by atoms with Crippen molar-refractivity contribution in [2.75, 3.05) is 0 Å². The number of rotatable bonds is 5. The van der Waals surface area contributed by atoms with Crippen LogP contribution in [0.25, 0.3) is 71.4 Å². The molecule has 3 unspecified atom stereocenters. The summed E-state index contributed by atoms with van der Waals surface area (Å²) < 4.78 is 0. The summed E-state index contributed by atoms with van der Waals surface area (Å²) in [5, 5.41) is 10.3. The zero-order valence-electron chi connectivity index (χ0n) is 35.5. The van der Waals surface area contributed by atoms with Crippen LogP contribution in [0.3, 0.4) is 0 Å². The Morgan fingerprint density at radius 1 is 0.375 bits per heavy atom. The van der Waals surface area contributed by atoms with Crippen molar-refractivity contribution in [2.45, 2.75) is 12.3 Å². The van der Waals surface area contributed by atoms with Crippen molar-refractivity contribution in [3.63, 3.8) is 0 Å². The molecule has 0 saturated carbocycles. The number of benzene rings is 10. The van der Waals surface area contributed by atoms with Crippen LogP contribution in [0, 0.1) is 11.8 Å². The molecule has 0 nitrogen and oxygen atoms in total. The lowest BCUT2D eigenvalue weighted by molar-refractivity contribution is 0.553. The Morgan fingerprint density at radius 2 is 1.05 bits per heavy atom. The lowest BCUT2D eigenvalue weighted by Gasteiger charge is -2.44. The van der Waals surface area contributed by atoms with E-state index in [0.717, 1.165) is 6.42 Å². The van der Waals surface area contributed by atoms with Gasteiger partial charge in [-0.15, -0.1) is 0 Å². The van der Waals surface area contributed by atoms with E-state index in [1.54, 1.807) is 0 Å². The highest BCUT2D eigenvalue weighted by molar-refractivity contribution is 6.10. The van der Waals surface area contributed by atoms with E-state index in [1.165, 1.54) is 115 Å². The van der Waals surface area contributed by atoms with Crippen LogP contribution in [0.5, 0.6) is 0 Å². The van der Waals surface area contributed by atoms with E-state index in [-0.39, 0.29) is 17.8 Å². The Labute approximate surface area is 374 Å². The van der Waals surface area contributed by atoms with Crippen molar-refractivity contribution in [1.29, 1.82) is 0 Å². The monoisotopic (exact) mass is 812 g/mol. The summed E-state index contributed by atoms with van der Waals surface area (Å²) in [6.45, 7) is 0. The molecule has 0 aliphatic heterocycles. The van der Waals surface area contributed by atoms with Crippen molar-refractivity contribution in [2.24, 2.45) is 11.8 Å². The van der Waals surface area contributed by atoms with Gasteiger partial charge in [-0.05, 0) is 135 Å². The van der Waals surface area contributed by atoms with Gasteiger partial charge in [-0.25, -0.2) is 0 Å². The molecule has 10 aromatic rings. The minimum absolute atomic E-state index is 0.0436. The van der Waals surface area contributed by atoms with Crippen LogP contribution in [0.2, 0.25) is 0 Å². The van der Waals surface area contributed by atoms with E-state index >= 15 is 0 Å². The summed E-state index contributed by atoms with van der Waals surface area (Å²) in [7, 11) is 0. The fraction of sp³-hybridized carbons (Fsp3) is 0.0625. The number of fused-ring (bicyclic) bond motifs is 8. The largest absolute Gasteiger partial charge is 0.0764 e. The minimum Gasteiger partial charge on any atom is -0.0764 e. The van der Waals surface area contributed by atoms with Crippen molar-refractivity contribution < 1.29 is 0 Å². The van der Waals surface area contributed by atoms with Gasteiger partial charge in [-0.2, -0.15) is 0 Å². The van der Waals surface area contributed by atoms with Gasteiger partial charge >= 0.3 is 0 Å². The molecule has 3 aliphatic rings. The Morgan fingerprint density at radius 3 is 1.95 bits per heavy atom. The fourth-order valence-corrected chi connectivity index (χ4v) is 11.6. The summed E-state index contributed by atoms with van der Waals surface area (Å²) in [6.07, 6.45) is 10.8. The Hall–Kier alpha value is -7.80. The van der Waals surface area contributed by atoms with E-state index in [0.29, 0.717) is 0 Å². The van der Waals surface area contributed by atoms with Crippen LogP contribution in [0.15, 0.2) is 242 Å². The molecule has 0 heterocycles. The van der Waals surface area contributed by atoms with Gasteiger partial charge in [0.2, 0.25) is 0 Å². The summed E-state index contributed by atoms with van der Waals surface area (Å²) in [6, 6.07) is 79.7. The normalized spacial score (nSPS) is 17.8. The molecule has 0 amide bonds. The van der Waals surface area contributed by atoms with Crippen molar-refractivity contribution >= 4 is 60.3 Å². The minimum atomic E-state index is 0.0436. The summed E-state index contributed by atoms with van der Waals surface area (Å²) >= 11 is 0. The SMILES string of the molecule is C1=CC(C2=CC=C(c3ccc4ccccc4c3)C3=C(c4cccc(-c5cccc6ccccc56)c4)c4ccccc4C(c4cc5ccccc5c5ccccc45)C23)Cc2ccccc21. The van der Waals surface area contributed by atoms with Crippen molar-refractivity contribution in [1.82, 2.24) is 0 Å². The second-order valence-electron chi connectivity index (χ2n) is 17.8. The molecule has 0 bridgehead atoms. The van der Waals surface area contributed by atoms with Gasteiger partial charge in [0.05, 0.1) is 0 Å². The Bertz CT molecular complexity index is 3660. The molecular weight excluding hydrogens is 769 g/mol. The zero-order valence-corrected chi connectivity index (χ0v) is 35.5. The molecule has 300 valence electrons. The molecule has 0 radical (unpaired) electrons. The quantitative estimate of drug-likeness (QED) is 0.152. The predicted octanol–water partition coefficient (Wildman–Crippen LogP) is 16.4. The first kappa shape index (κ1) is 36.8. The van der Waals surface area contributed by atoms with E-state index < -0.39 is 0 Å². The van der Waals surface area contributed by atoms with E-state index in [9.17, 15) is 0 Å². The first-order valence-electron chi connectivity index (χ1n) is 22.7. The maximum atomic E-state index is 2.53. The van der Waals surface area contributed by atoms with Crippen molar-refractivity contribution in [3.8, 4) is 11.1 Å². The standard InChI is InChI=1S/C64H44/c1-3-18-44-37-48(33-31-41(44)15-1)54-35-36-55(49-34-32-42-16-2-4-19-45(42)38-49)64-62(60-40-47-20-6-8-25-53(47)56-26-9-10-27-57(56)60)59-29-12-11-28-58(59)61(63(54)64)50-23-13-22-46(39-50)52-30-14-21-43-17-5-7-24-51(43)52/h1-37,39-40,49,62,64H,38H2. The molecule has 0 heteroatoms. The highest BCUT2D eigenvalue weighted by atomic mass is 14.5. The maximum absolute atomic E-state index is 2.53. The molecule has 3 atom stereocenters. The Balaban J connectivity index is 1.14. The van der Waals surface area contributed by atoms with E-state index in [1.807, 2.05) is 0 Å². The molecule has 0 N–H and O–H groups in total. The highest BCUT2D eigenvalue weighted by Crippen LogP contribution is 2.59. The van der Waals surface area contributed by atoms with Crippen LogP contribution < -0.4 is 0 Å². The lowest BCUT2D eigenvalue weighted by Crippen LogP contribution is -2.31. The van der Waals surface area contributed by atoms with Gasteiger partial charge in [-0.1, -0.05) is 224 Å². The lowest BCUT2D eigenvalue weighted by atomic mass is 9.59. The van der Waals surface area contributed by atoms with Crippen LogP contribution in [-0.4, -0.2) is 0 Å². The first-order chi connectivity index (χ1) is 31.7. The molecule has 0 aromatic heterocycles. The zero-order chi connectivity index (χ0) is 42.1. The summed E-state index contributed by atoms with van der Waals surface area (Å²) in [4.78, 5) is 0. The van der Waals surface area contributed by atoms with Crippen LogP contribution >= 0.6 is 0 Å². The number of hydrogen-bond donors (Lipinski definition) is 0. The Kier molecular flexibility index (Phi) is 8.59. The van der Waals surface area contributed by atoms with E-state index in [4.69, 9.17) is 0 Å². The van der Waals surface area contributed by atoms with Crippen LogP contribution in [-0.2, 0) is 6.42 Å². The molecular formula is C64H44. The molecule has 13 rings (SSSR count). The molecule has 3 aliphatic carbocycles. The topological polar surface area (TPSA) is 0 Å². The highest BCUT2D eigenvalue weighted by Gasteiger charge is 2.44. The second-order valence-corrected chi connectivity index (χ2v) is 17.8. The summed E-state index contributed by atoms with van der Waals surface area (Å²) in [5.41, 5.74) is 17.3. The van der Waals surface area contributed by atoms with Gasteiger partial charge in [0.15, 0.2) is 0 Å². The maximum Gasteiger partial charge on any atom is 0.0209 e. The average Bonchev–Trinajstić information content (AvgIpc) is 3.37. The third-order valence-electron chi connectivity index (χ3n) is 14.4. The average molecular weight is 813 g/mol. The second kappa shape index (κ2) is 14.9. The fourth-order valence-electron chi connectivity index (χ4n) is 11.6. The van der Waals surface area contributed by atoms with E-state index in [2.05, 4.69) is 237 Å². The number of allylic oxidation sites excluding steroid dienone is 6.